The second-order valence-electron chi connectivity index (χ2n) is 13.8. The van der Waals surface area contributed by atoms with Crippen LogP contribution in [0, 0.1) is 18.8 Å². The van der Waals surface area contributed by atoms with Crippen molar-refractivity contribution in [1.82, 2.24) is 4.98 Å². The van der Waals surface area contributed by atoms with E-state index in [2.05, 4.69) is 170 Å². The molecule has 0 saturated carbocycles. The van der Waals surface area contributed by atoms with Gasteiger partial charge in [-0.1, -0.05) is 122 Å². The van der Waals surface area contributed by atoms with Crippen molar-refractivity contribution in [2.24, 2.45) is 0 Å². The second kappa shape index (κ2) is 14.4. The predicted octanol–water partition coefficient (Wildman–Crippen LogP) is 13.1. The smallest absolute Gasteiger partial charge is 0.107 e. The first-order valence-corrected chi connectivity index (χ1v) is 19.0. The van der Waals surface area contributed by atoms with Gasteiger partial charge in [0.2, 0.25) is 0 Å². The number of pyridine rings is 1. The Hall–Kier alpha value is -5.00. The zero-order chi connectivity index (χ0) is 35.2. The van der Waals surface area contributed by atoms with Crippen LogP contribution >= 0.6 is 22.7 Å². The van der Waals surface area contributed by atoms with Gasteiger partial charge in [0.1, 0.15) is 5.06 Å². The van der Waals surface area contributed by atoms with Crippen LogP contribution in [0.1, 0.15) is 26.3 Å². The Kier molecular flexibility index (Phi) is 9.55. The summed E-state index contributed by atoms with van der Waals surface area (Å²) in [4.78, 5) is 9.09. The van der Waals surface area contributed by atoms with Gasteiger partial charge in [0.25, 0.3) is 0 Å². The summed E-state index contributed by atoms with van der Waals surface area (Å²) in [5, 5.41) is 5.09. The Morgan fingerprint density at radius 3 is 2.13 bits per heavy atom. The zero-order valence-electron chi connectivity index (χ0n) is 29.3. The number of thiophene rings is 2. The van der Waals surface area contributed by atoms with Gasteiger partial charge in [-0.2, -0.15) is 22.8 Å². The van der Waals surface area contributed by atoms with Crippen LogP contribution in [0.2, 0.25) is 0 Å². The first-order valence-electron chi connectivity index (χ1n) is 17.3. The minimum absolute atomic E-state index is 0. The van der Waals surface area contributed by atoms with Gasteiger partial charge >= 0.3 is 0 Å². The van der Waals surface area contributed by atoms with E-state index in [-0.39, 0.29) is 26.5 Å². The molecule has 0 spiro atoms. The molecule has 0 atom stereocenters. The summed E-state index contributed by atoms with van der Waals surface area (Å²) in [7, 11) is 0. The minimum Gasteiger partial charge on any atom is -0.500 e. The van der Waals surface area contributed by atoms with E-state index >= 15 is 0 Å². The fourth-order valence-corrected chi connectivity index (χ4v) is 8.64. The van der Waals surface area contributed by atoms with Crippen LogP contribution in [-0.4, -0.2) is 4.98 Å². The SMILES string of the molecule is CC(C)(C)c1ccnc(-c2cc3sccc3c3sc(Oc4[c-]c(N5C=CN(c6c(-c7ccccc7)cccc6-c6ccccc6)[CH-]5)ccc4)[c-]c23)c1.[Pt]. The maximum Gasteiger partial charge on any atom is 0.107 e. The Labute approximate surface area is 332 Å². The summed E-state index contributed by atoms with van der Waals surface area (Å²) in [5.74, 6) is 0.631. The van der Waals surface area contributed by atoms with Crippen LogP contribution in [0.5, 0.6) is 10.8 Å². The molecule has 0 fully saturated rings. The Balaban J connectivity index is 0.00000400. The monoisotopic (exact) mass is 903 g/mol. The van der Waals surface area contributed by atoms with Crippen molar-refractivity contribution in [2.75, 3.05) is 9.80 Å². The number of nitrogens with zero attached hydrogens (tertiary/aromatic N) is 3. The Morgan fingerprint density at radius 2 is 1.42 bits per heavy atom. The molecule has 3 aromatic heterocycles. The van der Waals surface area contributed by atoms with Gasteiger partial charge < -0.3 is 14.5 Å². The van der Waals surface area contributed by atoms with Crippen molar-refractivity contribution < 1.29 is 25.8 Å². The molecule has 0 aliphatic carbocycles. The van der Waals surface area contributed by atoms with Crippen LogP contribution in [0.25, 0.3) is 53.7 Å². The van der Waals surface area contributed by atoms with E-state index < -0.39 is 0 Å². The van der Waals surface area contributed by atoms with Gasteiger partial charge in [-0.25, -0.2) is 0 Å². The molecule has 9 rings (SSSR count). The quantitative estimate of drug-likeness (QED) is 0.149. The maximum atomic E-state index is 6.54. The number of anilines is 2. The third kappa shape index (κ3) is 6.83. The molecule has 53 heavy (non-hydrogen) atoms. The molecule has 0 saturated heterocycles. The molecule has 0 N–H and O–H groups in total. The van der Waals surface area contributed by atoms with Crippen molar-refractivity contribution in [1.29, 1.82) is 0 Å². The molecule has 0 radical (unpaired) electrons. The van der Waals surface area contributed by atoms with Gasteiger partial charge in [0.15, 0.2) is 0 Å². The average Bonchev–Trinajstić information content (AvgIpc) is 3.95. The van der Waals surface area contributed by atoms with Crippen LogP contribution in [0.4, 0.5) is 11.4 Å². The average molecular weight is 904 g/mol. The number of aromatic nitrogens is 1. The Bertz CT molecular complexity index is 2530. The molecular formula is C46H34N3OPtS2-3. The van der Waals surface area contributed by atoms with Crippen molar-refractivity contribution in [3.8, 4) is 44.3 Å². The number of hydrogen-bond acceptors (Lipinski definition) is 6. The van der Waals surface area contributed by atoms with Gasteiger partial charge in [-0.15, -0.1) is 48.0 Å². The molecule has 0 amide bonds. The molecule has 4 heterocycles. The van der Waals surface area contributed by atoms with Crippen molar-refractivity contribution >= 4 is 54.2 Å². The van der Waals surface area contributed by atoms with Crippen molar-refractivity contribution in [3.05, 3.63) is 170 Å². The first-order chi connectivity index (χ1) is 25.4. The van der Waals surface area contributed by atoms with E-state index in [0.717, 1.165) is 55.0 Å². The van der Waals surface area contributed by atoms with E-state index in [1.54, 1.807) is 22.7 Å². The van der Waals surface area contributed by atoms with Gasteiger partial charge in [-0.3, -0.25) is 4.98 Å². The van der Waals surface area contributed by atoms with Gasteiger partial charge in [0, 0.05) is 60.2 Å². The minimum atomic E-state index is 0. The standard InChI is InChI=1S/C46H34N3OS2.Pt/c1-46(2,3)33-20-22-47-41(26-33)39-28-42-38(21-25-51-42)45-40(39)29-43(52-45)50-35-17-10-16-34(27-35)48-23-24-49(30-48)44-36(31-12-6-4-7-13-31)18-11-19-37(44)32-14-8-5-9-15-32;/h4-26,28,30H,1-3H3;/q-3;. The summed E-state index contributed by atoms with van der Waals surface area (Å²) < 4.78 is 8.92. The summed E-state index contributed by atoms with van der Waals surface area (Å²) >= 11 is 3.36. The third-order valence-electron chi connectivity index (χ3n) is 9.37. The molecule has 5 aromatic carbocycles. The first kappa shape index (κ1) is 35.1. The number of rotatable bonds is 7. The van der Waals surface area contributed by atoms with E-state index in [0.29, 0.717) is 10.8 Å². The van der Waals surface area contributed by atoms with Gasteiger partial charge in [-0.05, 0) is 57.4 Å². The fourth-order valence-electron chi connectivity index (χ4n) is 6.72. The summed E-state index contributed by atoms with van der Waals surface area (Å²) in [6.45, 7) is 8.80. The van der Waals surface area contributed by atoms with Crippen LogP contribution < -0.4 is 14.5 Å². The van der Waals surface area contributed by atoms with Crippen LogP contribution in [0.15, 0.2) is 145 Å². The summed E-state index contributed by atoms with van der Waals surface area (Å²) in [6.07, 6.45) is 6.08. The number of fused-ring (bicyclic) bond motifs is 3. The number of ether oxygens (including phenoxy) is 1. The predicted molar refractivity (Wildman–Crippen MR) is 219 cm³/mol. The van der Waals surface area contributed by atoms with E-state index in [1.165, 1.54) is 15.6 Å². The number of para-hydroxylation sites is 1. The Morgan fingerprint density at radius 1 is 0.717 bits per heavy atom. The fraction of sp³-hybridized carbons (Fsp3) is 0.0870. The molecule has 264 valence electrons. The van der Waals surface area contributed by atoms with E-state index in [4.69, 9.17) is 9.72 Å². The molecule has 0 unspecified atom stereocenters. The molecule has 8 aromatic rings. The third-order valence-corrected chi connectivity index (χ3v) is 11.2. The molecule has 0 bridgehead atoms. The van der Waals surface area contributed by atoms with E-state index in [1.807, 2.05) is 24.4 Å². The van der Waals surface area contributed by atoms with Crippen LogP contribution in [0.3, 0.4) is 0 Å². The van der Waals surface area contributed by atoms with Crippen molar-refractivity contribution in [3.63, 3.8) is 0 Å². The molecule has 1 aliphatic rings. The number of benzene rings is 5. The summed E-state index contributed by atoms with van der Waals surface area (Å²) in [5.41, 5.74) is 9.93. The maximum absolute atomic E-state index is 6.54. The largest absolute Gasteiger partial charge is 0.500 e. The topological polar surface area (TPSA) is 28.6 Å². The van der Waals surface area contributed by atoms with Gasteiger partial charge in [0.05, 0.1) is 0 Å². The normalized spacial score (nSPS) is 12.8. The second-order valence-corrected chi connectivity index (χ2v) is 15.8. The van der Waals surface area contributed by atoms with Crippen LogP contribution in [-0.2, 0) is 26.5 Å². The summed E-state index contributed by atoms with van der Waals surface area (Å²) in [6, 6.07) is 49.5. The molecule has 1 aliphatic heterocycles. The molecular weight excluding hydrogens is 870 g/mol. The van der Waals surface area contributed by atoms with Crippen molar-refractivity contribution in [2.45, 2.75) is 26.2 Å². The molecule has 7 heteroatoms. The molecule has 4 nitrogen and oxygen atoms in total. The van der Waals surface area contributed by atoms with E-state index in [9.17, 15) is 0 Å². The zero-order valence-corrected chi connectivity index (χ0v) is 33.2. The number of hydrogen-bond donors (Lipinski definition) is 0.